The van der Waals surface area contributed by atoms with E-state index in [1.807, 2.05) is 32.0 Å². The molecule has 1 N–H and O–H groups in total. The number of carbonyl (C=O) groups is 2. The van der Waals surface area contributed by atoms with Crippen LogP contribution in [0.1, 0.15) is 42.3 Å². The first-order valence-corrected chi connectivity index (χ1v) is 10.9. The number of benzene rings is 2. The van der Waals surface area contributed by atoms with Crippen LogP contribution in [0.4, 0.5) is 5.69 Å². The van der Waals surface area contributed by atoms with Gasteiger partial charge in [-0.05, 0) is 73.4 Å². The Balaban J connectivity index is 1.81. The van der Waals surface area contributed by atoms with E-state index in [1.54, 1.807) is 36.4 Å². The lowest BCUT2D eigenvalue weighted by atomic mass is 9.98. The first kappa shape index (κ1) is 22.4. The third-order valence-electron chi connectivity index (χ3n) is 5.59. The highest BCUT2D eigenvalue weighted by atomic mass is 16.5. The Labute approximate surface area is 193 Å². The maximum absolute atomic E-state index is 13.2. The second-order valence-corrected chi connectivity index (χ2v) is 8.70. The molecule has 1 saturated heterocycles. The second kappa shape index (κ2) is 8.98. The van der Waals surface area contributed by atoms with Crippen LogP contribution in [0.2, 0.25) is 0 Å². The summed E-state index contributed by atoms with van der Waals surface area (Å²) in [5.74, 6) is -0.268. The van der Waals surface area contributed by atoms with Crippen molar-refractivity contribution in [1.82, 2.24) is 0 Å². The van der Waals surface area contributed by atoms with Crippen molar-refractivity contribution in [2.24, 2.45) is 5.92 Å². The molecule has 1 atom stereocenters. The SMILES string of the molecule is Cc1ccc(C)c(N2C(=O)C(=O)/C(=C(\O)c3ccc(OCC(C)C)cc3)C2c2ccco2)c1. The molecule has 0 aliphatic carbocycles. The van der Waals surface area contributed by atoms with Gasteiger partial charge in [0, 0.05) is 11.3 Å². The Morgan fingerprint density at radius 1 is 1.09 bits per heavy atom. The topological polar surface area (TPSA) is 80.0 Å². The number of hydrogen-bond acceptors (Lipinski definition) is 5. The average Bonchev–Trinajstić information content (AvgIpc) is 3.41. The van der Waals surface area contributed by atoms with Crippen molar-refractivity contribution in [3.63, 3.8) is 0 Å². The van der Waals surface area contributed by atoms with E-state index in [4.69, 9.17) is 9.15 Å². The molecule has 6 heteroatoms. The first-order chi connectivity index (χ1) is 15.8. The Morgan fingerprint density at radius 3 is 2.45 bits per heavy atom. The molecule has 3 aromatic rings. The normalized spacial score (nSPS) is 17.7. The summed E-state index contributed by atoms with van der Waals surface area (Å²) < 4.78 is 11.3. The van der Waals surface area contributed by atoms with Crippen LogP contribution in [0.15, 0.2) is 70.9 Å². The number of carbonyl (C=O) groups excluding carboxylic acids is 2. The highest BCUT2D eigenvalue weighted by Gasteiger charge is 2.48. The Hall–Kier alpha value is -3.80. The van der Waals surface area contributed by atoms with E-state index < -0.39 is 17.7 Å². The van der Waals surface area contributed by atoms with Gasteiger partial charge in [-0.25, -0.2) is 0 Å². The van der Waals surface area contributed by atoms with Crippen LogP contribution < -0.4 is 9.64 Å². The average molecular weight is 446 g/mol. The molecule has 1 amide bonds. The van der Waals surface area contributed by atoms with Gasteiger partial charge in [0.05, 0.1) is 18.4 Å². The Bertz CT molecular complexity index is 1210. The highest BCUT2D eigenvalue weighted by Crippen LogP contribution is 2.43. The molecule has 1 aliphatic rings. The van der Waals surface area contributed by atoms with Crippen LogP contribution in [-0.4, -0.2) is 23.4 Å². The van der Waals surface area contributed by atoms with E-state index in [-0.39, 0.29) is 11.3 Å². The summed E-state index contributed by atoms with van der Waals surface area (Å²) in [6, 6.07) is 15.0. The van der Waals surface area contributed by atoms with Gasteiger partial charge in [0.15, 0.2) is 0 Å². The second-order valence-electron chi connectivity index (χ2n) is 8.70. The number of Topliss-reactive ketones (excluding diaryl/α,β-unsaturated/α-hetero) is 1. The van der Waals surface area contributed by atoms with E-state index in [0.29, 0.717) is 35.3 Å². The van der Waals surface area contributed by atoms with E-state index in [1.165, 1.54) is 11.2 Å². The standard InChI is InChI=1S/C27H27NO5/c1-16(2)15-33-20-11-9-19(10-12-20)25(29)23-24(22-6-5-13-32-22)28(27(31)26(23)30)21-14-17(3)7-8-18(21)4/h5-14,16,24,29H,15H2,1-4H3/b25-23-. The number of rotatable bonds is 6. The van der Waals surface area contributed by atoms with E-state index >= 15 is 0 Å². The van der Waals surface area contributed by atoms with E-state index in [9.17, 15) is 14.7 Å². The zero-order valence-corrected chi connectivity index (χ0v) is 19.2. The number of aliphatic hydroxyl groups is 1. The molecule has 2 aromatic carbocycles. The zero-order valence-electron chi connectivity index (χ0n) is 19.2. The molecule has 1 aliphatic heterocycles. The minimum absolute atomic E-state index is 0.00768. The predicted molar refractivity (Wildman–Crippen MR) is 126 cm³/mol. The van der Waals surface area contributed by atoms with Crippen molar-refractivity contribution in [3.05, 3.63) is 88.9 Å². The summed E-state index contributed by atoms with van der Waals surface area (Å²) in [6.07, 6.45) is 1.49. The van der Waals surface area contributed by atoms with Crippen LogP contribution in [0.3, 0.4) is 0 Å². The van der Waals surface area contributed by atoms with Gasteiger partial charge in [-0.15, -0.1) is 0 Å². The fourth-order valence-electron chi connectivity index (χ4n) is 3.90. The summed E-state index contributed by atoms with van der Waals surface area (Å²) in [5.41, 5.74) is 2.81. The van der Waals surface area contributed by atoms with Crippen LogP contribution in [0.5, 0.6) is 5.75 Å². The quantitative estimate of drug-likeness (QED) is 0.305. The van der Waals surface area contributed by atoms with Gasteiger partial charge in [-0.1, -0.05) is 26.0 Å². The predicted octanol–water partition coefficient (Wildman–Crippen LogP) is 5.56. The van der Waals surface area contributed by atoms with Crippen LogP contribution >= 0.6 is 0 Å². The van der Waals surface area contributed by atoms with Gasteiger partial charge in [-0.3, -0.25) is 14.5 Å². The minimum Gasteiger partial charge on any atom is -0.507 e. The van der Waals surface area contributed by atoms with Gasteiger partial charge in [0.25, 0.3) is 11.7 Å². The molecular formula is C27H27NO5. The fraction of sp³-hybridized carbons (Fsp3) is 0.259. The molecule has 1 aromatic heterocycles. The van der Waals surface area contributed by atoms with Crippen molar-refractivity contribution in [3.8, 4) is 5.75 Å². The number of aliphatic hydroxyl groups excluding tert-OH is 1. The number of hydrogen-bond donors (Lipinski definition) is 1. The highest BCUT2D eigenvalue weighted by molar-refractivity contribution is 6.51. The largest absolute Gasteiger partial charge is 0.507 e. The molecule has 170 valence electrons. The van der Waals surface area contributed by atoms with Crippen molar-refractivity contribution in [2.75, 3.05) is 11.5 Å². The van der Waals surface area contributed by atoms with Crippen molar-refractivity contribution < 1.29 is 23.8 Å². The molecule has 2 heterocycles. The van der Waals surface area contributed by atoms with E-state index in [0.717, 1.165) is 11.1 Å². The number of anilines is 1. The van der Waals surface area contributed by atoms with Crippen molar-refractivity contribution in [1.29, 1.82) is 0 Å². The molecule has 4 rings (SSSR count). The molecule has 0 bridgehead atoms. The minimum atomic E-state index is -0.877. The smallest absolute Gasteiger partial charge is 0.300 e. The van der Waals surface area contributed by atoms with Gasteiger partial charge >= 0.3 is 0 Å². The lowest BCUT2D eigenvalue weighted by Crippen LogP contribution is -2.30. The molecular weight excluding hydrogens is 418 g/mol. The monoisotopic (exact) mass is 445 g/mol. The summed E-state index contributed by atoms with van der Waals surface area (Å²) in [6.45, 7) is 8.49. The summed E-state index contributed by atoms with van der Waals surface area (Å²) in [7, 11) is 0. The number of ketones is 1. The lowest BCUT2D eigenvalue weighted by Gasteiger charge is -2.25. The van der Waals surface area contributed by atoms with Crippen LogP contribution in [0, 0.1) is 19.8 Å². The molecule has 1 fully saturated rings. The fourth-order valence-corrected chi connectivity index (χ4v) is 3.90. The van der Waals surface area contributed by atoms with Crippen LogP contribution in [0.25, 0.3) is 5.76 Å². The third kappa shape index (κ3) is 4.29. The van der Waals surface area contributed by atoms with Gasteiger partial charge < -0.3 is 14.3 Å². The first-order valence-electron chi connectivity index (χ1n) is 10.9. The molecule has 0 spiro atoms. The number of nitrogens with zero attached hydrogens (tertiary/aromatic N) is 1. The van der Waals surface area contributed by atoms with Gasteiger partial charge in [0.1, 0.15) is 23.3 Å². The third-order valence-corrected chi connectivity index (χ3v) is 5.59. The molecule has 6 nitrogen and oxygen atoms in total. The van der Waals surface area contributed by atoms with Crippen molar-refractivity contribution >= 4 is 23.1 Å². The Kier molecular flexibility index (Phi) is 6.09. The summed E-state index contributed by atoms with van der Waals surface area (Å²) in [5, 5.41) is 11.2. The summed E-state index contributed by atoms with van der Waals surface area (Å²) in [4.78, 5) is 27.8. The van der Waals surface area contributed by atoms with Gasteiger partial charge in [0.2, 0.25) is 0 Å². The number of aryl methyl sites for hydroxylation is 2. The van der Waals surface area contributed by atoms with Gasteiger partial charge in [-0.2, -0.15) is 0 Å². The molecule has 1 unspecified atom stereocenters. The zero-order chi connectivity index (χ0) is 23.7. The number of ether oxygens (including phenoxy) is 1. The maximum Gasteiger partial charge on any atom is 0.300 e. The number of amides is 1. The molecule has 33 heavy (non-hydrogen) atoms. The lowest BCUT2D eigenvalue weighted by molar-refractivity contribution is -0.132. The summed E-state index contributed by atoms with van der Waals surface area (Å²) >= 11 is 0. The van der Waals surface area contributed by atoms with Crippen LogP contribution in [-0.2, 0) is 9.59 Å². The van der Waals surface area contributed by atoms with Crippen molar-refractivity contribution in [2.45, 2.75) is 33.7 Å². The maximum atomic E-state index is 13.2. The molecule has 0 radical (unpaired) electrons. The number of furan rings is 1. The molecule has 0 saturated carbocycles. The Morgan fingerprint density at radius 2 is 1.82 bits per heavy atom. The van der Waals surface area contributed by atoms with E-state index in [2.05, 4.69) is 13.8 Å².